The summed E-state index contributed by atoms with van der Waals surface area (Å²) in [5, 5.41) is 10.2. The van der Waals surface area contributed by atoms with Crippen LogP contribution in [0.2, 0.25) is 0 Å². The van der Waals surface area contributed by atoms with Crippen LogP contribution in [0, 0.1) is 0 Å². The first kappa shape index (κ1) is 10.6. The minimum Gasteiger partial charge on any atom is -0.478 e. The van der Waals surface area contributed by atoms with Crippen molar-refractivity contribution in [1.29, 1.82) is 0 Å². The lowest BCUT2D eigenvalue weighted by Crippen LogP contribution is -2.36. The van der Waals surface area contributed by atoms with Crippen molar-refractivity contribution in [3.8, 4) is 0 Å². The van der Waals surface area contributed by atoms with Crippen molar-refractivity contribution in [3.05, 3.63) is 29.8 Å². The Morgan fingerprint density at radius 2 is 2.06 bits per heavy atom. The van der Waals surface area contributed by atoms with Gasteiger partial charge in [-0.3, -0.25) is 4.79 Å². The first-order valence-corrected chi connectivity index (χ1v) is 5.00. The number of aromatic carboxylic acids is 1. The van der Waals surface area contributed by atoms with E-state index in [0.29, 0.717) is 12.1 Å². The fraction of sp³-hybridized carbons (Fsp3) is 0.273. The number of carboxylic acids is 1. The maximum atomic E-state index is 11.6. The van der Waals surface area contributed by atoms with Crippen molar-refractivity contribution in [2.24, 2.45) is 0 Å². The third-order valence-electron chi connectivity index (χ3n) is 2.45. The highest BCUT2D eigenvalue weighted by Crippen LogP contribution is 2.19. The van der Waals surface area contributed by atoms with Crippen molar-refractivity contribution in [3.63, 3.8) is 0 Å². The van der Waals surface area contributed by atoms with E-state index in [4.69, 9.17) is 5.11 Å². The molecule has 16 heavy (non-hydrogen) atoms. The summed E-state index contributed by atoms with van der Waals surface area (Å²) in [5.74, 6) is -0.976. The summed E-state index contributed by atoms with van der Waals surface area (Å²) in [6, 6.07) is 6.32. The van der Waals surface area contributed by atoms with Crippen LogP contribution in [0.5, 0.6) is 0 Å². The summed E-state index contributed by atoms with van der Waals surface area (Å²) in [7, 11) is 0. The first-order chi connectivity index (χ1) is 7.58. The molecule has 5 heteroatoms. The second-order valence-corrected chi connectivity index (χ2v) is 3.82. The van der Waals surface area contributed by atoms with Gasteiger partial charge in [-0.2, -0.15) is 0 Å². The normalized spacial score (nSPS) is 20.2. The van der Waals surface area contributed by atoms with E-state index in [1.54, 1.807) is 12.1 Å². The lowest BCUT2D eigenvalue weighted by molar-refractivity contribution is -0.117. The van der Waals surface area contributed by atoms with Gasteiger partial charge in [0.2, 0.25) is 5.91 Å². The molecule has 1 aliphatic rings. The molecule has 0 spiro atoms. The molecular formula is C11H12N2O3. The van der Waals surface area contributed by atoms with Crippen LogP contribution >= 0.6 is 0 Å². The molecule has 0 bridgehead atoms. The molecule has 1 atom stereocenters. The molecule has 0 aliphatic carbocycles. The van der Waals surface area contributed by atoms with Crippen molar-refractivity contribution in [1.82, 2.24) is 5.43 Å². The van der Waals surface area contributed by atoms with Crippen LogP contribution in [-0.2, 0) is 4.79 Å². The summed E-state index contributed by atoms with van der Waals surface area (Å²) in [4.78, 5) is 22.2. The van der Waals surface area contributed by atoms with Gasteiger partial charge in [0.15, 0.2) is 0 Å². The molecule has 1 saturated heterocycles. The third kappa shape index (κ3) is 1.90. The minimum absolute atomic E-state index is 0.00410. The SMILES string of the molecule is CC1CC(=O)N(c2ccc(C(=O)O)cc2)N1. The Hall–Kier alpha value is -1.88. The predicted octanol–water partition coefficient (Wildman–Crippen LogP) is 1.01. The fourth-order valence-electron chi connectivity index (χ4n) is 1.66. The average molecular weight is 220 g/mol. The Labute approximate surface area is 92.6 Å². The Morgan fingerprint density at radius 3 is 2.50 bits per heavy atom. The van der Waals surface area contributed by atoms with Crippen LogP contribution in [0.4, 0.5) is 5.69 Å². The Balaban J connectivity index is 2.22. The zero-order valence-corrected chi connectivity index (χ0v) is 8.80. The van der Waals surface area contributed by atoms with Crippen LogP contribution in [-0.4, -0.2) is 23.0 Å². The van der Waals surface area contributed by atoms with Crippen LogP contribution in [0.15, 0.2) is 24.3 Å². The minimum atomic E-state index is -0.972. The number of nitrogens with zero attached hydrogens (tertiary/aromatic N) is 1. The van der Waals surface area contributed by atoms with E-state index in [1.807, 2.05) is 6.92 Å². The van der Waals surface area contributed by atoms with E-state index in [1.165, 1.54) is 17.1 Å². The van der Waals surface area contributed by atoms with Gasteiger partial charge in [0.1, 0.15) is 0 Å². The van der Waals surface area contributed by atoms with Crippen molar-refractivity contribution < 1.29 is 14.7 Å². The van der Waals surface area contributed by atoms with Gasteiger partial charge in [0, 0.05) is 12.5 Å². The molecule has 0 radical (unpaired) electrons. The lowest BCUT2D eigenvalue weighted by Gasteiger charge is -2.16. The first-order valence-electron chi connectivity index (χ1n) is 5.00. The van der Waals surface area contributed by atoms with Gasteiger partial charge in [0.25, 0.3) is 0 Å². The number of nitrogens with one attached hydrogen (secondary N) is 1. The van der Waals surface area contributed by atoms with Gasteiger partial charge < -0.3 is 5.11 Å². The van der Waals surface area contributed by atoms with E-state index < -0.39 is 5.97 Å². The number of hydrogen-bond donors (Lipinski definition) is 2. The highest BCUT2D eigenvalue weighted by molar-refractivity contribution is 5.95. The number of hydrogen-bond acceptors (Lipinski definition) is 3. The highest BCUT2D eigenvalue weighted by Gasteiger charge is 2.27. The summed E-state index contributed by atoms with van der Waals surface area (Å²) in [6.07, 6.45) is 0.459. The molecule has 1 amide bonds. The van der Waals surface area contributed by atoms with Gasteiger partial charge in [-0.1, -0.05) is 0 Å². The van der Waals surface area contributed by atoms with Crippen LogP contribution < -0.4 is 10.4 Å². The number of rotatable bonds is 2. The van der Waals surface area contributed by atoms with Gasteiger partial charge in [0.05, 0.1) is 11.3 Å². The molecule has 1 aromatic rings. The van der Waals surface area contributed by atoms with Gasteiger partial charge in [-0.15, -0.1) is 0 Å². The van der Waals surface area contributed by atoms with Gasteiger partial charge in [-0.25, -0.2) is 15.2 Å². The molecule has 1 unspecified atom stereocenters. The zero-order valence-electron chi connectivity index (χ0n) is 8.80. The van der Waals surface area contributed by atoms with Gasteiger partial charge in [-0.05, 0) is 31.2 Å². The van der Waals surface area contributed by atoms with Crippen molar-refractivity contribution >= 4 is 17.6 Å². The van der Waals surface area contributed by atoms with E-state index in [-0.39, 0.29) is 17.5 Å². The Morgan fingerprint density at radius 1 is 1.44 bits per heavy atom. The summed E-state index contributed by atoms with van der Waals surface area (Å²) in [6.45, 7) is 1.92. The number of carbonyl (C=O) groups excluding carboxylic acids is 1. The molecule has 1 aliphatic heterocycles. The number of carbonyl (C=O) groups is 2. The van der Waals surface area contributed by atoms with Crippen molar-refractivity contribution in [2.45, 2.75) is 19.4 Å². The molecule has 1 aromatic carbocycles. The molecular weight excluding hydrogens is 208 g/mol. The van der Waals surface area contributed by atoms with Crippen LogP contribution in [0.1, 0.15) is 23.7 Å². The molecule has 2 N–H and O–H groups in total. The zero-order chi connectivity index (χ0) is 11.7. The van der Waals surface area contributed by atoms with Gasteiger partial charge >= 0.3 is 5.97 Å². The number of anilines is 1. The van der Waals surface area contributed by atoms with E-state index in [9.17, 15) is 9.59 Å². The second-order valence-electron chi connectivity index (χ2n) is 3.82. The average Bonchev–Trinajstić information content (AvgIpc) is 2.58. The Kier molecular flexibility index (Phi) is 2.62. The lowest BCUT2D eigenvalue weighted by atomic mass is 10.2. The number of benzene rings is 1. The monoisotopic (exact) mass is 220 g/mol. The highest BCUT2D eigenvalue weighted by atomic mass is 16.4. The molecule has 0 aromatic heterocycles. The molecule has 5 nitrogen and oxygen atoms in total. The third-order valence-corrected chi connectivity index (χ3v) is 2.45. The molecule has 1 fully saturated rings. The van der Waals surface area contributed by atoms with E-state index in [2.05, 4.69) is 5.43 Å². The fourth-order valence-corrected chi connectivity index (χ4v) is 1.66. The summed E-state index contributed by atoms with van der Waals surface area (Å²) >= 11 is 0. The smallest absolute Gasteiger partial charge is 0.335 e. The predicted molar refractivity (Wildman–Crippen MR) is 58.1 cm³/mol. The molecule has 2 rings (SSSR count). The maximum Gasteiger partial charge on any atom is 0.335 e. The number of carboxylic acid groups (broad SMARTS) is 1. The molecule has 84 valence electrons. The second kappa shape index (κ2) is 3.94. The topological polar surface area (TPSA) is 69.6 Å². The van der Waals surface area contributed by atoms with Crippen LogP contribution in [0.3, 0.4) is 0 Å². The van der Waals surface area contributed by atoms with Crippen LogP contribution in [0.25, 0.3) is 0 Å². The molecule has 0 saturated carbocycles. The number of hydrazine groups is 1. The van der Waals surface area contributed by atoms with E-state index in [0.717, 1.165) is 0 Å². The maximum absolute atomic E-state index is 11.6. The van der Waals surface area contributed by atoms with E-state index >= 15 is 0 Å². The number of amides is 1. The molecule has 1 heterocycles. The standard InChI is InChI=1S/C11H12N2O3/c1-7-6-10(14)13(12-7)9-4-2-8(3-5-9)11(15)16/h2-5,7,12H,6H2,1H3,(H,15,16). The summed E-state index contributed by atoms with van der Waals surface area (Å²) < 4.78 is 0. The van der Waals surface area contributed by atoms with Crippen molar-refractivity contribution in [2.75, 3.05) is 5.01 Å². The largest absolute Gasteiger partial charge is 0.478 e. The quantitative estimate of drug-likeness (QED) is 0.780. The Bertz CT molecular complexity index is 427. The summed E-state index contributed by atoms with van der Waals surface area (Å²) in [5.41, 5.74) is 3.88.